The molecule has 8 heteroatoms. The second-order valence-electron chi connectivity index (χ2n) is 8.36. The second-order valence-corrected chi connectivity index (χ2v) is 12.1. The zero-order valence-corrected chi connectivity index (χ0v) is 20.1. The van der Waals surface area contributed by atoms with Gasteiger partial charge in [-0.25, -0.2) is 0 Å². The number of thioether (sulfide) groups is 1. The van der Waals surface area contributed by atoms with Gasteiger partial charge in [0.05, 0.1) is 18.8 Å². The van der Waals surface area contributed by atoms with Gasteiger partial charge in [-0.1, -0.05) is 36.4 Å². The first-order valence-electron chi connectivity index (χ1n) is 10.7. The van der Waals surface area contributed by atoms with Gasteiger partial charge in [0, 0.05) is 50.4 Å². The molecule has 31 heavy (non-hydrogen) atoms. The van der Waals surface area contributed by atoms with Crippen LogP contribution in [0.4, 0.5) is 0 Å². The van der Waals surface area contributed by atoms with E-state index < -0.39 is 19.6 Å². The first-order chi connectivity index (χ1) is 14.7. The van der Waals surface area contributed by atoms with E-state index in [1.165, 1.54) is 6.66 Å². The summed E-state index contributed by atoms with van der Waals surface area (Å²) in [5.74, 6) is 1.01. The number of carbonyl (C=O) groups excluding carboxylic acids is 1. The molecule has 3 N–H and O–H groups in total. The second kappa shape index (κ2) is 12.9. The Labute approximate surface area is 189 Å². The highest BCUT2D eigenvalue weighted by atomic mass is 32.2. The van der Waals surface area contributed by atoms with Gasteiger partial charge in [0.1, 0.15) is 5.78 Å². The highest BCUT2D eigenvalue weighted by molar-refractivity contribution is 7.99. The molecule has 5 atom stereocenters. The average molecular weight is 471 g/mol. The van der Waals surface area contributed by atoms with E-state index in [1.54, 1.807) is 31.0 Å². The molecule has 0 saturated heterocycles. The van der Waals surface area contributed by atoms with Crippen LogP contribution >= 0.6 is 19.1 Å². The summed E-state index contributed by atoms with van der Waals surface area (Å²) in [5.41, 5.74) is 2.05. The Morgan fingerprint density at radius 3 is 2.77 bits per heavy atom. The van der Waals surface area contributed by atoms with Gasteiger partial charge in [-0.05, 0) is 29.7 Å². The number of ketones is 1. The van der Waals surface area contributed by atoms with Crippen molar-refractivity contribution in [2.45, 2.75) is 44.5 Å². The van der Waals surface area contributed by atoms with Crippen LogP contribution in [0.1, 0.15) is 30.4 Å². The van der Waals surface area contributed by atoms with Crippen molar-refractivity contribution in [3.8, 4) is 0 Å². The van der Waals surface area contributed by atoms with Crippen molar-refractivity contribution in [3.63, 3.8) is 0 Å². The van der Waals surface area contributed by atoms with Crippen molar-refractivity contribution >= 4 is 24.9 Å². The molecule has 0 spiro atoms. The standard InChI is InChI=1S/C23H35O6PS/c1-29-16-18-6-3-5-17(13-18)14-19(24)8-9-21-20(22(25)15-23(21)26)7-4-11-31-12-10-30(2,27)28/h3,5-6,8-9,13,19-21,23-24,26H,4,7,10-12,14-16H2,1-2H3,(H,27,28)/b9-8+/t19-,20-,21-,23?/m1/s1. The fraction of sp³-hybridized carbons (Fsp3) is 0.609. The molecule has 2 rings (SSSR count). The molecule has 1 fully saturated rings. The third-order valence-corrected chi connectivity index (χ3v) is 7.92. The quantitative estimate of drug-likeness (QED) is 0.231. The Balaban J connectivity index is 1.84. The fourth-order valence-corrected chi connectivity index (χ4v) is 6.36. The zero-order valence-electron chi connectivity index (χ0n) is 18.4. The number of hydrogen-bond donors (Lipinski definition) is 3. The summed E-state index contributed by atoms with van der Waals surface area (Å²) in [6.07, 6.45) is 4.50. The average Bonchev–Trinajstić information content (AvgIpc) is 2.95. The van der Waals surface area contributed by atoms with Gasteiger partial charge in [-0.3, -0.25) is 9.36 Å². The lowest BCUT2D eigenvalue weighted by molar-refractivity contribution is -0.121. The van der Waals surface area contributed by atoms with Crippen LogP contribution in [0.5, 0.6) is 0 Å². The molecule has 0 amide bonds. The molecule has 6 nitrogen and oxygen atoms in total. The van der Waals surface area contributed by atoms with E-state index in [0.29, 0.717) is 31.4 Å². The molecular weight excluding hydrogens is 435 g/mol. The number of aliphatic hydroxyl groups is 2. The molecule has 174 valence electrons. The number of hydrogen-bond acceptors (Lipinski definition) is 6. The number of benzene rings is 1. The first kappa shape index (κ1) is 26.3. The van der Waals surface area contributed by atoms with Crippen LogP contribution in [0.15, 0.2) is 36.4 Å². The molecule has 0 aromatic heterocycles. The van der Waals surface area contributed by atoms with E-state index >= 15 is 0 Å². The van der Waals surface area contributed by atoms with Gasteiger partial charge in [-0.2, -0.15) is 11.8 Å². The Morgan fingerprint density at radius 1 is 1.32 bits per heavy atom. The maximum absolute atomic E-state index is 12.3. The van der Waals surface area contributed by atoms with E-state index in [2.05, 4.69) is 0 Å². The Morgan fingerprint density at radius 2 is 2.06 bits per heavy atom. The highest BCUT2D eigenvalue weighted by Crippen LogP contribution is 2.36. The SMILES string of the molecule is COCc1cccc(C[C@H](O)/C=C/[C@H]2C(O)CC(=O)[C@@H]2CCCSCCP(C)(=O)O)c1. The molecule has 1 aromatic rings. The van der Waals surface area contributed by atoms with Gasteiger partial charge < -0.3 is 19.8 Å². The minimum Gasteiger partial charge on any atom is -0.392 e. The van der Waals surface area contributed by atoms with Gasteiger partial charge in [0.25, 0.3) is 0 Å². The minimum absolute atomic E-state index is 0.0716. The van der Waals surface area contributed by atoms with Crippen LogP contribution in [-0.2, 0) is 27.1 Å². The summed E-state index contributed by atoms with van der Waals surface area (Å²) in [4.78, 5) is 21.7. The maximum Gasteiger partial charge on any atom is 0.198 e. The van der Waals surface area contributed by atoms with Gasteiger partial charge in [0.15, 0.2) is 7.37 Å². The number of methoxy groups -OCH3 is 1. The van der Waals surface area contributed by atoms with E-state index in [0.717, 1.165) is 23.3 Å². The Bertz CT molecular complexity index is 777. The number of aliphatic hydroxyl groups excluding tert-OH is 2. The molecular formula is C23H35O6PS. The first-order valence-corrected chi connectivity index (χ1v) is 14.1. The topological polar surface area (TPSA) is 104 Å². The third-order valence-electron chi connectivity index (χ3n) is 5.49. The van der Waals surface area contributed by atoms with Crippen LogP contribution in [-0.4, -0.2) is 64.5 Å². The smallest absolute Gasteiger partial charge is 0.198 e. The molecule has 2 unspecified atom stereocenters. The largest absolute Gasteiger partial charge is 0.392 e. The lowest BCUT2D eigenvalue weighted by Gasteiger charge is -2.18. The zero-order chi connectivity index (χ0) is 22.9. The fourth-order valence-electron chi connectivity index (χ4n) is 3.91. The van der Waals surface area contributed by atoms with Gasteiger partial charge >= 0.3 is 0 Å². The minimum atomic E-state index is -2.96. The molecule has 0 radical (unpaired) electrons. The Kier molecular flexibility index (Phi) is 11.0. The molecule has 0 heterocycles. The van der Waals surface area contributed by atoms with Crippen LogP contribution < -0.4 is 0 Å². The monoisotopic (exact) mass is 470 g/mol. The molecule has 1 aliphatic carbocycles. The molecule has 1 aromatic carbocycles. The lowest BCUT2D eigenvalue weighted by atomic mass is 9.89. The number of rotatable bonds is 13. The molecule has 0 aliphatic heterocycles. The summed E-state index contributed by atoms with van der Waals surface area (Å²) in [5, 5.41) is 20.8. The van der Waals surface area contributed by atoms with Crippen molar-refractivity contribution in [2.24, 2.45) is 11.8 Å². The lowest BCUT2D eigenvalue weighted by Crippen LogP contribution is -2.19. The summed E-state index contributed by atoms with van der Waals surface area (Å²) < 4.78 is 16.4. The van der Waals surface area contributed by atoms with Crippen LogP contribution in [0.25, 0.3) is 0 Å². The summed E-state index contributed by atoms with van der Waals surface area (Å²) >= 11 is 1.62. The van der Waals surface area contributed by atoms with Gasteiger partial charge in [0.2, 0.25) is 0 Å². The van der Waals surface area contributed by atoms with Crippen molar-refractivity contribution in [3.05, 3.63) is 47.5 Å². The van der Waals surface area contributed by atoms with Gasteiger partial charge in [-0.15, -0.1) is 0 Å². The van der Waals surface area contributed by atoms with E-state index in [4.69, 9.17) is 4.74 Å². The number of carbonyl (C=O) groups is 1. The normalized spacial score (nSPS) is 24.5. The molecule has 1 saturated carbocycles. The number of Topliss-reactive ketones (excluding diaryl/α,β-unsaturated/α-hetero) is 1. The van der Waals surface area contributed by atoms with Crippen molar-refractivity contribution < 1.29 is 29.2 Å². The van der Waals surface area contributed by atoms with E-state index in [9.17, 15) is 24.5 Å². The third kappa shape index (κ3) is 9.60. The number of ether oxygens (including phenoxy) is 1. The van der Waals surface area contributed by atoms with E-state index in [1.807, 2.05) is 24.3 Å². The molecule has 0 bridgehead atoms. The predicted molar refractivity (Wildman–Crippen MR) is 126 cm³/mol. The summed E-state index contributed by atoms with van der Waals surface area (Å²) in [6, 6.07) is 7.87. The summed E-state index contributed by atoms with van der Waals surface area (Å²) in [6.45, 7) is 1.89. The Hall–Kier alpha value is -0.950. The molecule has 1 aliphatic rings. The van der Waals surface area contributed by atoms with Crippen LogP contribution in [0, 0.1) is 11.8 Å². The predicted octanol–water partition coefficient (Wildman–Crippen LogP) is 3.27. The van der Waals surface area contributed by atoms with Crippen molar-refractivity contribution in [1.82, 2.24) is 0 Å². The van der Waals surface area contributed by atoms with E-state index in [-0.39, 0.29) is 24.0 Å². The van der Waals surface area contributed by atoms with Crippen LogP contribution in [0.3, 0.4) is 0 Å². The maximum atomic E-state index is 12.3. The highest BCUT2D eigenvalue weighted by Gasteiger charge is 2.39. The van der Waals surface area contributed by atoms with Crippen molar-refractivity contribution in [1.29, 1.82) is 0 Å². The van der Waals surface area contributed by atoms with Crippen molar-refractivity contribution in [2.75, 3.05) is 31.4 Å². The summed E-state index contributed by atoms with van der Waals surface area (Å²) in [7, 11) is -1.32. The van der Waals surface area contributed by atoms with Crippen LogP contribution in [0.2, 0.25) is 0 Å².